The quantitative estimate of drug-likeness (QED) is 0.554. The molecular formula is C16H12ClN3O3. The van der Waals surface area contributed by atoms with E-state index in [1.807, 2.05) is 18.2 Å². The van der Waals surface area contributed by atoms with Crippen molar-refractivity contribution < 1.29 is 14.0 Å². The summed E-state index contributed by atoms with van der Waals surface area (Å²) < 4.78 is 5.60. The van der Waals surface area contributed by atoms with Crippen molar-refractivity contribution in [3.05, 3.63) is 70.7 Å². The smallest absolute Gasteiger partial charge is 0.265 e. The monoisotopic (exact) mass is 329 g/mol. The van der Waals surface area contributed by atoms with Crippen LogP contribution in [-0.4, -0.2) is 26.7 Å². The fraction of sp³-hybridized carbons (Fsp3) is 0.125. The molecule has 0 unspecified atom stereocenters. The fourth-order valence-electron chi connectivity index (χ4n) is 2.15. The van der Waals surface area contributed by atoms with Crippen LogP contribution >= 0.6 is 11.6 Å². The van der Waals surface area contributed by atoms with Crippen LogP contribution in [0.4, 0.5) is 0 Å². The number of H-pyrrole nitrogens is 1. The largest absolute Gasteiger partial charge is 0.465 e. The van der Waals surface area contributed by atoms with Gasteiger partial charge in [0.1, 0.15) is 17.8 Å². The Kier molecular flexibility index (Phi) is 4.34. The number of nitrogens with one attached hydrogen (secondary N) is 1. The van der Waals surface area contributed by atoms with E-state index in [0.29, 0.717) is 23.0 Å². The van der Waals surface area contributed by atoms with Crippen molar-refractivity contribution >= 4 is 23.2 Å². The first-order valence-electron chi connectivity index (χ1n) is 6.87. The molecule has 0 aliphatic heterocycles. The number of halogens is 1. The summed E-state index contributed by atoms with van der Waals surface area (Å²) in [7, 11) is 0. The zero-order chi connectivity index (χ0) is 16.2. The maximum absolute atomic E-state index is 11.9. The molecule has 23 heavy (non-hydrogen) atoms. The molecule has 2 aromatic heterocycles. The molecule has 0 spiro atoms. The van der Waals surface area contributed by atoms with Gasteiger partial charge in [0, 0.05) is 11.4 Å². The molecule has 0 aliphatic rings. The van der Waals surface area contributed by atoms with Gasteiger partial charge in [-0.15, -0.1) is 0 Å². The molecule has 0 atom stereocenters. The highest BCUT2D eigenvalue weighted by Gasteiger charge is 2.20. The summed E-state index contributed by atoms with van der Waals surface area (Å²) in [5, 5.41) is 6.57. The molecule has 0 radical (unpaired) electrons. The van der Waals surface area contributed by atoms with Crippen LogP contribution in [-0.2, 0) is 17.6 Å². The standard InChI is InChI=1S/C16H12ClN3O3/c17-11-3-1-2-10(6-11)7-12-4-5-13(23-12)8-14(21)15(22)16-18-9-19-20-16/h1-6,9H,7-8H2,(H,18,19,20). The molecule has 3 aromatic rings. The molecule has 0 fully saturated rings. The lowest BCUT2D eigenvalue weighted by Gasteiger charge is -1.99. The van der Waals surface area contributed by atoms with E-state index in [1.54, 1.807) is 18.2 Å². The summed E-state index contributed by atoms with van der Waals surface area (Å²) in [4.78, 5) is 27.4. The molecule has 0 bridgehead atoms. The Morgan fingerprint density at radius 1 is 1.17 bits per heavy atom. The number of benzene rings is 1. The van der Waals surface area contributed by atoms with Crippen molar-refractivity contribution in [1.29, 1.82) is 0 Å². The lowest BCUT2D eigenvalue weighted by atomic mass is 10.1. The molecule has 2 heterocycles. The topological polar surface area (TPSA) is 88.8 Å². The van der Waals surface area contributed by atoms with Gasteiger partial charge in [0.15, 0.2) is 5.82 Å². The molecule has 6 nitrogen and oxygen atoms in total. The van der Waals surface area contributed by atoms with Crippen molar-refractivity contribution in [3.63, 3.8) is 0 Å². The van der Waals surface area contributed by atoms with Gasteiger partial charge in [0.2, 0.25) is 5.78 Å². The fourth-order valence-corrected chi connectivity index (χ4v) is 2.36. The Morgan fingerprint density at radius 3 is 2.74 bits per heavy atom. The summed E-state index contributed by atoms with van der Waals surface area (Å²) in [6, 6.07) is 10.9. The Balaban J connectivity index is 1.65. The van der Waals surface area contributed by atoms with Crippen LogP contribution in [0.15, 0.2) is 47.1 Å². The minimum atomic E-state index is -0.713. The van der Waals surface area contributed by atoms with E-state index < -0.39 is 11.6 Å². The lowest BCUT2D eigenvalue weighted by Crippen LogP contribution is -2.17. The zero-order valence-corrected chi connectivity index (χ0v) is 12.7. The van der Waals surface area contributed by atoms with Crippen LogP contribution in [0, 0.1) is 0 Å². The molecule has 1 N–H and O–H groups in total. The second-order valence-corrected chi connectivity index (χ2v) is 5.37. The zero-order valence-electron chi connectivity index (χ0n) is 12.0. The number of ketones is 2. The van der Waals surface area contributed by atoms with Crippen molar-refractivity contribution in [1.82, 2.24) is 15.2 Å². The van der Waals surface area contributed by atoms with Gasteiger partial charge in [-0.2, -0.15) is 5.10 Å². The summed E-state index contributed by atoms with van der Waals surface area (Å²) >= 11 is 5.94. The Bertz CT molecular complexity index is 840. The van der Waals surface area contributed by atoms with Crippen LogP contribution in [0.25, 0.3) is 0 Å². The first kappa shape index (κ1) is 15.2. The van der Waals surface area contributed by atoms with E-state index >= 15 is 0 Å². The van der Waals surface area contributed by atoms with Gasteiger partial charge in [-0.1, -0.05) is 23.7 Å². The molecule has 0 amide bonds. The van der Waals surface area contributed by atoms with Crippen molar-refractivity contribution in [2.24, 2.45) is 0 Å². The number of aromatic amines is 1. The maximum Gasteiger partial charge on any atom is 0.265 e. The molecule has 0 saturated heterocycles. The third-order valence-electron chi connectivity index (χ3n) is 3.20. The molecule has 7 heteroatoms. The van der Waals surface area contributed by atoms with Crippen LogP contribution in [0.5, 0.6) is 0 Å². The third kappa shape index (κ3) is 3.73. The highest BCUT2D eigenvalue weighted by molar-refractivity contribution is 6.42. The molecular weight excluding hydrogens is 318 g/mol. The summed E-state index contributed by atoms with van der Waals surface area (Å²) in [6.45, 7) is 0. The first-order valence-corrected chi connectivity index (χ1v) is 7.24. The van der Waals surface area contributed by atoms with E-state index in [0.717, 1.165) is 5.56 Å². The number of furan rings is 1. The Morgan fingerprint density at radius 2 is 2.00 bits per heavy atom. The Labute approximate surface area is 136 Å². The van der Waals surface area contributed by atoms with E-state index in [9.17, 15) is 9.59 Å². The maximum atomic E-state index is 11.9. The number of carbonyl (C=O) groups is 2. The number of rotatable bonds is 6. The van der Waals surface area contributed by atoms with Gasteiger partial charge in [0.05, 0.1) is 6.42 Å². The normalized spacial score (nSPS) is 10.7. The SMILES string of the molecule is O=C(Cc1ccc(Cc2cccc(Cl)c2)o1)C(=O)c1ncn[nH]1. The number of hydrogen-bond acceptors (Lipinski definition) is 5. The van der Waals surface area contributed by atoms with E-state index in [-0.39, 0.29) is 12.2 Å². The average Bonchev–Trinajstić information content (AvgIpc) is 3.18. The molecule has 3 rings (SSSR count). The average molecular weight is 330 g/mol. The molecule has 116 valence electrons. The molecule has 0 aliphatic carbocycles. The van der Waals surface area contributed by atoms with Crippen LogP contribution < -0.4 is 0 Å². The highest BCUT2D eigenvalue weighted by atomic mass is 35.5. The number of hydrogen-bond donors (Lipinski definition) is 1. The minimum Gasteiger partial charge on any atom is -0.465 e. The predicted octanol–water partition coefficient (Wildman–Crippen LogP) is 2.64. The number of Topliss-reactive ketones (excluding diaryl/α,β-unsaturated/α-hetero) is 2. The predicted molar refractivity (Wildman–Crippen MR) is 82.4 cm³/mol. The Hall–Kier alpha value is -2.73. The van der Waals surface area contributed by atoms with Gasteiger partial charge in [-0.05, 0) is 29.8 Å². The van der Waals surface area contributed by atoms with E-state index in [4.69, 9.17) is 16.0 Å². The first-order chi connectivity index (χ1) is 11.1. The van der Waals surface area contributed by atoms with Crippen LogP contribution in [0.3, 0.4) is 0 Å². The second-order valence-electron chi connectivity index (χ2n) is 4.94. The van der Waals surface area contributed by atoms with Gasteiger partial charge < -0.3 is 4.42 Å². The minimum absolute atomic E-state index is 0.0688. The number of carbonyl (C=O) groups excluding carboxylic acids is 2. The van der Waals surface area contributed by atoms with Gasteiger partial charge in [-0.3, -0.25) is 14.7 Å². The van der Waals surface area contributed by atoms with Gasteiger partial charge >= 0.3 is 0 Å². The summed E-state index contributed by atoms with van der Waals surface area (Å²) in [5.74, 6) is -0.261. The molecule has 1 aromatic carbocycles. The lowest BCUT2D eigenvalue weighted by molar-refractivity contribution is -0.114. The third-order valence-corrected chi connectivity index (χ3v) is 3.44. The van der Waals surface area contributed by atoms with Crippen LogP contribution in [0.1, 0.15) is 27.7 Å². The molecule has 0 saturated carbocycles. The highest BCUT2D eigenvalue weighted by Crippen LogP contribution is 2.17. The van der Waals surface area contributed by atoms with Crippen LogP contribution in [0.2, 0.25) is 5.02 Å². The summed E-state index contributed by atoms with van der Waals surface area (Å²) in [5.41, 5.74) is 1.00. The van der Waals surface area contributed by atoms with Crippen molar-refractivity contribution in [2.75, 3.05) is 0 Å². The van der Waals surface area contributed by atoms with E-state index in [1.165, 1.54) is 6.33 Å². The van der Waals surface area contributed by atoms with E-state index in [2.05, 4.69) is 15.2 Å². The summed E-state index contributed by atoms with van der Waals surface area (Å²) in [6.07, 6.45) is 1.62. The van der Waals surface area contributed by atoms with Crippen molar-refractivity contribution in [2.45, 2.75) is 12.8 Å². The second kappa shape index (κ2) is 6.58. The number of aromatic nitrogens is 3. The van der Waals surface area contributed by atoms with Gasteiger partial charge in [0.25, 0.3) is 5.78 Å². The van der Waals surface area contributed by atoms with Gasteiger partial charge in [-0.25, -0.2) is 4.98 Å². The number of nitrogens with zero attached hydrogens (tertiary/aromatic N) is 2. The van der Waals surface area contributed by atoms with Crippen molar-refractivity contribution in [3.8, 4) is 0 Å².